The quantitative estimate of drug-likeness (QED) is 0.833. The molecule has 2 aromatic carbocycles. The van der Waals surface area contributed by atoms with Crippen molar-refractivity contribution in [2.45, 2.75) is 20.0 Å². The zero-order valence-corrected chi connectivity index (χ0v) is 12.9. The molecule has 0 aliphatic carbocycles. The Morgan fingerprint density at radius 1 is 1.18 bits per heavy atom. The largest absolute Gasteiger partial charge is 0.493 e. The number of nitrogens with one attached hydrogen (secondary N) is 1. The molecule has 0 saturated heterocycles. The Labute approximate surface area is 130 Å². The van der Waals surface area contributed by atoms with Crippen molar-refractivity contribution in [2.24, 2.45) is 0 Å². The standard InChI is InChI=1S/C17H20N2O3/c1-11-10-13(18)8-9-14(11)19-17(20)12(2)22-16-7-5-4-6-15(16)21-3/h4-10,12H,18H2,1-3H3,(H,19,20). The van der Waals surface area contributed by atoms with Gasteiger partial charge in [-0.3, -0.25) is 4.79 Å². The minimum Gasteiger partial charge on any atom is -0.493 e. The summed E-state index contributed by atoms with van der Waals surface area (Å²) in [6.07, 6.45) is -0.659. The zero-order valence-electron chi connectivity index (χ0n) is 12.9. The third kappa shape index (κ3) is 3.69. The molecule has 0 saturated carbocycles. The van der Waals surface area contributed by atoms with Gasteiger partial charge in [0.05, 0.1) is 7.11 Å². The minimum absolute atomic E-state index is 0.237. The van der Waals surface area contributed by atoms with Crippen LogP contribution in [0.2, 0.25) is 0 Å². The van der Waals surface area contributed by atoms with Gasteiger partial charge in [0.25, 0.3) is 5.91 Å². The van der Waals surface area contributed by atoms with Crippen molar-refractivity contribution in [3.05, 3.63) is 48.0 Å². The summed E-state index contributed by atoms with van der Waals surface area (Å²) in [5.74, 6) is 0.881. The molecular weight excluding hydrogens is 280 g/mol. The van der Waals surface area contributed by atoms with Gasteiger partial charge in [-0.05, 0) is 49.7 Å². The first-order chi connectivity index (χ1) is 10.5. The van der Waals surface area contributed by atoms with Crippen molar-refractivity contribution in [1.82, 2.24) is 0 Å². The van der Waals surface area contributed by atoms with Gasteiger partial charge >= 0.3 is 0 Å². The predicted octanol–water partition coefficient (Wildman–Crippen LogP) is 2.99. The van der Waals surface area contributed by atoms with Gasteiger partial charge in [0.1, 0.15) is 0 Å². The molecule has 0 radical (unpaired) electrons. The fourth-order valence-electron chi connectivity index (χ4n) is 2.02. The molecule has 22 heavy (non-hydrogen) atoms. The Balaban J connectivity index is 2.06. The smallest absolute Gasteiger partial charge is 0.265 e. The SMILES string of the molecule is COc1ccccc1OC(C)C(=O)Nc1ccc(N)cc1C. The first-order valence-electron chi connectivity index (χ1n) is 6.98. The lowest BCUT2D eigenvalue weighted by molar-refractivity contribution is -0.122. The van der Waals surface area contributed by atoms with E-state index in [2.05, 4.69) is 5.32 Å². The van der Waals surface area contributed by atoms with E-state index in [-0.39, 0.29) is 5.91 Å². The lowest BCUT2D eigenvalue weighted by atomic mass is 10.1. The summed E-state index contributed by atoms with van der Waals surface area (Å²) in [5.41, 5.74) is 7.98. The number of benzene rings is 2. The molecule has 1 unspecified atom stereocenters. The average molecular weight is 300 g/mol. The monoisotopic (exact) mass is 300 g/mol. The van der Waals surface area contributed by atoms with E-state index < -0.39 is 6.10 Å². The number of anilines is 2. The molecule has 0 heterocycles. The molecular formula is C17H20N2O3. The molecule has 0 spiro atoms. The van der Waals surface area contributed by atoms with Crippen LogP contribution in [-0.4, -0.2) is 19.1 Å². The number of amides is 1. The number of para-hydroxylation sites is 2. The van der Waals surface area contributed by atoms with Gasteiger partial charge in [-0.1, -0.05) is 12.1 Å². The number of nitrogens with two attached hydrogens (primary N) is 1. The molecule has 116 valence electrons. The fraction of sp³-hybridized carbons (Fsp3) is 0.235. The maximum atomic E-state index is 12.2. The molecule has 5 heteroatoms. The molecule has 0 fully saturated rings. The molecule has 0 aliphatic rings. The second-order valence-electron chi connectivity index (χ2n) is 4.97. The summed E-state index contributed by atoms with van der Waals surface area (Å²) in [4.78, 5) is 12.2. The van der Waals surface area contributed by atoms with Gasteiger partial charge in [0, 0.05) is 11.4 Å². The number of hydrogen-bond acceptors (Lipinski definition) is 4. The van der Waals surface area contributed by atoms with Gasteiger partial charge in [0.15, 0.2) is 17.6 Å². The van der Waals surface area contributed by atoms with Crippen LogP contribution in [0.3, 0.4) is 0 Å². The highest BCUT2D eigenvalue weighted by atomic mass is 16.5. The van der Waals surface area contributed by atoms with E-state index in [0.717, 1.165) is 11.3 Å². The number of aryl methyl sites for hydroxylation is 1. The topological polar surface area (TPSA) is 73.6 Å². The van der Waals surface area contributed by atoms with E-state index in [9.17, 15) is 4.79 Å². The third-order valence-corrected chi connectivity index (χ3v) is 3.25. The van der Waals surface area contributed by atoms with Gasteiger partial charge in [-0.15, -0.1) is 0 Å². The van der Waals surface area contributed by atoms with Crippen molar-refractivity contribution in [1.29, 1.82) is 0 Å². The number of rotatable bonds is 5. The molecule has 0 bridgehead atoms. The number of methoxy groups -OCH3 is 1. The summed E-state index contributed by atoms with van der Waals surface area (Å²) >= 11 is 0. The molecule has 3 N–H and O–H groups in total. The van der Waals surface area contributed by atoms with Crippen molar-refractivity contribution in [3.8, 4) is 11.5 Å². The lowest BCUT2D eigenvalue weighted by Gasteiger charge is -2.17. The first kappa shape index (κ1) is 15.7. The molecule has 5 nitrogen and oxygen atoms in total. The molecule has 1 atom stereocenters. The molecule has 2 rings (SSSR count). The summed E-state index contributed by atoms with van der Waals surface area (Å²) in [6.45, 7) is 3.58. The number of nitrogen functional groups attached to an aromatic ring is 1. The normalized spacial score (nSPS) is 11.6. The highest BCUT2D eigenvalue weighted by Gasteiger charge is 2.17. The molecule has 1 amide bonds. The number of hydrogen-bond donors (Lipinski definition) is 2. The van der Waals surface area contributed by atoms with E-state index in [0.29, 0.717) is 17.2 Å². The van der Waals surface area contributed by atoms with E-state index in [1.54, 1.807) is 44.4 Å². The van der Waals surface area contributed by atoms with Crippen LogP contribution in [0.1, 0.15) is 12.5 Å². The van der Waals surface area contributed by atoms with E-state index >= 15 is 0 Å². The summed E-state index contributed by atoms with van der Waals surface area (Å²) in [5, 5.41) is 2.83. The number of carbonyl (C=O) groups excluding carboxylic acids is 1. The van der Waals surface area contributed by atoms with Crippen LogP contribution in [0, 0.1) is 6.92 Å². The summed E-state index contributed by atoms with van der Waals surface area (Å²) < 4.78 is 10.9. The van der Waals surface area contributed by atoms with Crippen molar-refractivity contribution < 1.29 is 14.3 Å². The first-order valence-corrected chi connectivity index (χ1v) is 6.98. The average Bonchev–Trinajstić information content (AvgIpc) is 2.50. The van der Waals surface area contributed by atoms with Crippen LogP contribution in [0.4, 0.5) is 11.4 Å². The van der Waals surface area contributed by atoms with Gasteiger partial charge < -0.3 is 20.5 Å². The maximum absolute atomic E-state index is 12.2. The highest BCUT2D eigenvalue weighted by Crippen LogP contribution is 2.27. The van der Waals surface area contributed by atoms with Crippen molar-refractivity contribution >= 4 is 17.3 Å². The van der Waals surface area contributed by atoms with E-state index in [1.165, 1.54) is 0 Å². The lowest BCUT2D eigenvalue weighted by Crippen LogP contribution is -2.30. The predicted molar refractivity (Wildman–Crippen MR) is 87.3 cm³/mol. The second-order valence-corrected chi connectivity index (χ2v) is 4.97. The molecule has 2 aromatic rings. The van der Waals surface area contributed by atoms with E-state index in [1.807, 2.05) is 19.1 Å². The fourth-order valence-corrected chi connectivity index (χ4v) is 2.02. The maximum Gasteiger partial charge on any atom is 0.265 e. The van der Waals surface area contributed by atoms with Gasteiger partial charge in [0.2, 0.25) is 0 Å². The van der Waals surface area contributed by atoms with Crippen molar-refractivity contribution in [3.63, 3.8) is 0 Å². The highest BCUT2D eigenvalue weighted by molar-refractivity contribution is 5.95. The zero-order chi connectivity index (χ0) is 16.1. The van der Waals surface area contributed by atoms with Crippen LogP contribution in [0.15, 0.2) is 42.5 Å². The Morgan fingerprint density at radius 3 is 2.50 bits per heavy atom. The Bertz CT molecular complexity index is 671. The Morgan fingerprint density at radius 2 is 1.86 bits per heavy atom. The summed E-state index contributed by atoms with van der Waals surface area (Å²) in [7, 11) is 1.56. The molecule has 0 aromatic heterocycles. The minimum atomic E-state index is -0.659. The van der Waals surface area contributed by atoms with Crippen molar-refractivity contribution in [2.75, 3.05) is 18.2 Å². The Hall–Kier alpha value is -2.69. The van der Waals surface area contributed by atoms with Crippen LogP contribution < -0.4 is 20.5 Å². The van der Waals surface area contributed by atoms with E-state index in [4.69, 9.17) is 15.2 Å². The van der Waals surface area contributed by atoms with Gasteiger partial charge in [-0.2, -0.15) is 0 Å². The summed E-state index contributed by atoms with van der Waals surface area (Å²) in [6, 6.07) is 12.5. The van der Waals surface area contributed by atoms with Crippen LogP contribution >= 0.6 is 0 Å². The third-order valence-electron chi connectivity index (χ3n) is 3.25. The van der Waals surface area contributed by atoms with Gasteiger partial charge in [-0.25, -0.2) is 0 Å². The van der Waals surface area contributed by atoms with Crippen LogP contribution in [0.25, 0.3) is 0 Å². The Kier molecular flexibility index (Phi) is 4.88. The van der Waals surface area contributed by atoms with Crippen LogP contribution in [0.5, 0.6) is 11.5 Å². The second kappa shape index (κ2) is 6.85. The molecule has 0 aliphatic heterocycles. The number of ether oxygens (including phenoxy) is 2. The van der Waals surface area contributed by atoms with Crippen LogP contribution in [-0.2, 0) is 4.79 Å². The number of carbonyl (C=O) groups is 1.